The van der Waals surface area contributed by atoms with E-state index in [1.54, 1.807) is 0 Å². The zero-order valence-corrected chi connectivity index (χ0v) is 14.7. The maximum absolute atomic E-state index is 12.9. The minimum atomic E-state index is -0.416. The van der Waals surface area contributed by atoms with Crippen LogP contribution >= 0.6 is 0 Å². The van der Waals surface area contributed by atoms with Gasteiger partial charge in [-0.1, -0.05) is 0 Å². The van der Waals surface area contributed by atoms with Gasteiger partial charge in [0.05, 0.1) is 6.54 Å². The first-order valence-corrected chi connectivity index (χ1v) is 8.72. The zero-order chi connectivity index (χ0) is 18.5. The normalized spacial score (nSPS) is 13.5. The van der Waals surface area contributed by atoms with Crippen molar-refractivity contribution in [2.45, 2.75) is 19.8 Å². The molecule has 2 N–H and O–H groups in total. The number of aryl methyl sites for hydroxylation is 1. The molecule has 0 atom stereocenters. The van der Waals surface area contributed by atoms with Crippen molar-refractivity contribution in [2.75, 3.05) is 29.9 Å². The number of halogens is 1. The van der Waals surface area contributed by atoms with E-state index in [-0.39, 0.29) is 12.5 Å². The van der Waals surface area contributed by atoms with Crippen LogP contribution in [0.25, 0.3) is 0 Å². The molecule has 0 radical (unpaired) electrons. The Morgan fingerprint density at radius 3 is 2.42 bits per heavy atom. The molecule has 1 fully saturated rings. The van der Waals surface area contributed by atoms with Crippen molar-refractivity contribution in [1.82, 2.24) is 5.32 Å². The van der Waals surface area contributed by atoms with Crippen LogP contribution in [-0.4, -0.2) is 31.4 Å². The molecule has 2 aromatic carbocycles. The Kier molecular flexibility index (Phi) is 5.51. The average Bonchev–Trinajstić information content (AvgIpc) is 3.17. The maximum Gasteiger partial charge on any atom is 0.251 e. The molecule has 1 heterocycles. The first-order chi connectivity index (χ1) is 12.5. The van der Waals surface area contributed by atoms with Gasteiger partial charge >= 0.3 is 0 Å². The summed E-state index contributed by atoms with van der Waals surface area (Å²) < 4.78 is 12.9. The molecule has 0 spiro atoms. The van der Waals surface area contributed by atoms with Crippen molar-refractivity contribution in [1.29, 1.82) is 0 Å². The molecule has 0 aliphatic carbocycles. The van der Waals surface area contributed by atoms with Gasteiger partial charge in [-0.2, -0.15) is 0 Å². The zero-order valence-electron chi connectivity index (χ0n) is 14.7. The fourth-order valence-electron chi connectivity index (χ4n) is 3.02. The minimum absolute atomic E-state index is 0.149. The second-order valence-electron chi connectivity index (χ2n) is 6.43. The molecule has 0 bridgehead atoms. The molecule has 6 heteroatoms. The molecule has 1 saturated heterocycles. The van der Waals surface area contributed by atoms with Gasteiger partial charge in [-0.05, 0) is 67.8 Å². The molecule has 5 nitrogen and oxygen atoms in total. The van der Waals surface area contributed by atoms with Crippen LogP contribution in [0, 0.1) is 12.7 Å². The average molecular weight is 355 g/mol. The summed E-state index contributed by atoms with van der Waals surface area (Å²) in [4.78, 5) is 26.4. The van der Waals surface area contributed by atoms with Crippen LogP contribution in [0.5, 0.6) is 0 Å². The Morgan fingerprint density at radius 1 is 1.08 bits per heavy atom. The van der Waals surface area contributed by atoms with Crippen molar-refractivity contribution >= 4 is 23.2 Å². The van der Waals surface area contributed by atoms with Crippen LogP contribution in [0.15, 0.2) is 42.5 Å². The largest absolute Gasteiger partial charge is 0.372 e. The fourth-order valence-corrected chi connectivity index (χ4v) is 3.02. The number of benzene rings is 2. The van der Waals surface area contributed by atoms with Crippen molar-refractivity contribution in [3.05, 3.63) is 59.4 Å². The lowest BCUT2D eigenvalue weighted by Gasteiger charge is -2.19. The number of anilines is 2. The second kappa shape index (κ2) is 7.99. The monoisotopic (exact) mass is 355 g/mol. The molecule has 1 aliphatic rings. The van der Waals surface area contributed by atoms with Crippen LogP contribution in [0.1, 0.15) is 28.8 Å². The summed E-state index contributed by atoms with van der Waals surface area (Å²) in [5.41, 5.74) is 3.19. The summed E-state index contributed by atoms with van der Waals surface area (Å²) in [6.45, 7) is 3.94. The molecule has 3 rings (SSSR count). The third-order valence-corrected chi connectivity index (χ3v) is 4.47. The molecule has 0 aromatic heterocycles. The molecule has 0 saturated carbocycles. The maximum atomic E-state index is 12.9. The van der Waals surface area contributed by atoms with E-state index in [9.17, 15) is 14.0 Å². The van der Waals surface area contributed by atoms with E-state index in [1.807, 2.05) is 19.1 Å². The molecule has 26 heavy (non-hydrogen) atoms. The lowest BCUT2D eigenvalue weighted by atomic mass is 10.1. The van der Waals surface area contributed by atoms with Crippen molar-refractivity contribution < 1.29 is 14.0 Å². The quantitative estimate of drug-likeness (QED) is 0.866. The summed E-state index contributed by atoms with van der Waals surface area (Å²) in [5, 5.41) is 5.34. The lowest BCUT2D eigenvalue weighted by Crippen LogP contribution is -2.33. The highest BCUT2D eigenvalue weighted by molar-refractivity contribution is 5.99. The van der Waals surface area contributed by atoms with Crippen LogP contribution in [-0.2, 0) is 4.79 Å². The molecule has 1 aliphatic heterocycles. The SMILES string of the molecule is Cc1cc(N2CCCC2)ccc1NC(=O)CNC(=O)c1ccc(F)cc1. The number of amides is 2. The number of nitrogens with one attached hydrogen (secondary N) is 2. The molecule has 2 amide bonds. The fraction of sp³-hybridized carbons (Fsp3) is 0.300. The summed E-state index contributed by atoms with van der Waals surface area (Å²) in [7, 11) is 0. The Hall–Kier alpha value is -2.89. The predicted molar refractivity (Wildman–Crippen MR) is 100.0 cm³/mol. The van der Waals surface area contributed by atoms with Crippen molar-refractivity contribution in [3.8, 4) is 0 Å². The predicted octanol–water partition coefficient (Wildman–Crippen LogP) is 3.10. The van der Waals surface area contributed by atoms with Crippen LogP contribution in [0.3, 0.4) is 0 Å². The third kappa shape index (κ3) is 4.39. The second-order valence-corrected chi connectivity index (χ2v) is 6.43. The summed E-state index contributed by atoms with van der Waals surface area (Å²) in [5.74, 6) is -1.13. The van der Waals surface area contributed by atoms with Gasteiger partial charge in [0.2, 0.25) is 5.91 Å². The highest BCUT2D eigenvalue weighted by atomic mass is 19.1. The Morgan fingerprint density at radius 2 is 1.77 bits per heavy atom. The third-order valence-electron chi connectivity index (χ3n) is 4.47. The Balaban J connectivity index is 1.54. The van der Waals surface area contributed by atoms with E-state index in [0.717, 1.165) is 24.3 Å². The number of rotatable bonds is 5. The summed E-state index contributed by atoms with van der Waals surface area (Å²) >= 11 is 0. The number of hydrogen-bond acceptors (Lipinski definition) is 3. The highest BCUT2D eigenvalue weighted by Gasteiger charge is 2.14. The van der Waals surface area contributed by atoms with Gasteiger partial charge in [0.25, 0.3) is 5.91 Å². The first-order valence-electron chi connectivity index (χ1n) is 8.72. The van der Waals surface area contributed by atoms with Gasteiger partial charge in [0, 0.05) is 30.0 Å². The topological polar surface area (TPSA) is 61.4 Å². The summed E-state index contributed by atoms with van der Waals surface area (Å²) in [6, 6.07) is 11.1. The summed E-state index contributed by atoms with van der Waals surface area (Å²) in [6.07, 6.45) is 2.43. The van der Waals surface area contributed by atoms with E-state index < -0.39 is 11.7 Å². The molecule has 0 unspecified atom stereocenters. The number of carbonyl (C=O) groups is 2. The Labute approximate surface area is 152 Å². The van der Waals surface area contributed by atoms with Gasteiger partial charge in [-0.25, -0.2) is 4.39 Å². The minimum Gasteiger partial charge on any atom is -0.372 e. The van der Waals surface area contributed by atoms with E-state index in [1.165, 1.54) is 42.8 Å². The van der Waals surface area contributed by atoms with Gasteiger partial charge in [0.1, 0.15) is 5.82 Å². The van der Waals surface area contributed by atoms with Crippen LogP contribution in [0.4, 0.5) is 15.8 Å². The highest BCUT2D eigenvalue weighted by Crippen LogP contribution is 2.25. The van der Waals surface area contributed by atoms with Crippen molar-refractivity contribution in [3.63, 3.8) is 0 Å². The van der Waals surface area contributed by atoms with Crippen LogP contribution in [0.2, 0.25) is 0 Å². The molecular formula is C20H22FN3O2. The van der Waals surface area contributed by atoms with E-state index in [0.29, 0.717) is 5.56 Å². The Bertz CT molecular complexity index is 799. The van der Waals surface area contributed by atoms with Crippen LogP contribution < -0.4 is 15.5 Å². The molecular weight excluding hydrogens is 333 g/mol. The number of hydrogen-bond donors (Lipinski definition) is 2. The smallest absolute Gasteiger partial charge is 0.251 e. The number of nitrogens with zero attached hydrogens (tertiary/aromatic N) is 1. The molecule has 136 valence electrons. The first kappa shape index (κ1) is 17.9. The van der Waals surface area contributed by atoms with E-state index in [2.05, 4.69) is 21.6 Å². The van der Waals surface area contributed by atoms with Gasteiger partial charge in [-0.15, -0.1) is 0 Å². The van der Waals surface area contributed by atoms with Gasteiger partial charge in [-0.3, -0.25) is 9.59 Å². The van der Waals surface area contributed by atoms with Crippen molar-refractivity contribution in [2.24, 2.45) is 0 Å². The van der Waals surface area contributed by atoms with Gasteiger partial charge < -0.3 is 15.5 Å². The molecule has 2 aromatic rings. The standard InChI is InChI=1S/C20H22FN3O2/c1-14-12-17(24-10-2-3-11-24)8-9-18(14)23-19(25)13-22-20(26)15-4-6-16(21)7-5-15/h4-9,12H,2-3,10-11,13H2,1H3,(H,22,26)(H,23,25). The van der Waals surface area contributed by atoms with E-state index >= 15 is 0 Å². The van der Waals surface area contributed by atoms with E-state index in [4.69, 9.17) is 0 Å². The lowest BCUT2D eigenvalue weighted by molar-refractivity contribution is -0.115. The van der Waals surface area contributed by atoms with Gasteiger partial charge in [0.15, 0.2) is 0 Å². The number of carbonyl (C=O) groups excluding carboxylic acids is 2.